The van der Waals surface area contributed by atoms with Crippen LogP contribution in [0.5, 0.6) is 0 Å². The first kappa shape index (κ1) is 17.7. The predicted octanol–water partition coefficient (Wildman–Crippen LogP) is 0.972. The van der Waals surface area contributed by atoms with Crippen molar-refractivity contribution in [3.8, 4) is 5.69 Å². The molecule has 0 unspecified atom stereocenters. The highest BCUT2D eigenvalue weighted by molar-refractivity contribution is 6.08. The van der Waals surface area contributed by atoms with Crippen LogP contribution in [0.2, 0.25) is 0 Å². The second-order valence-corrected chi connectivity index (χ2v) is 5.29. The van der Waals surface area contributed by atoms with E-state index in [4.69, 9.17) is 0 Å². The topological polar surface area (TPSA) is 139 Å². The van der Waals surface area contributed by atoms with E-state index >= 15 is 0 Å². The Labute approximate surface area is 152 Å². The largest absolute Gasteiger partial charge is 0.476 e. The van der Waals surface area contributed by atoms with Gasteiger partial charge in [-0.3, -0.25) is 19.6 Å². The van der Waals surface area contributed by atoms with E-state index in [0.717, 1.165) is 0 Å². The summed E-state index contributed by atoms with van der Waals surface area (Å²) in [4.78, 5) is 43.6. The molecular weight excluding hydrogens is 352 g/mol. The van der Waals surface area contributed by atoms with E-state index in [1.54, 1.807) is 12.1 Å². The first-order valence-corrected chi connectivity index (χ1v) is 7.72. The second kappa shape index (κ2) is 7.44. The predicted molar refractivity (Wildman–Crippen MR) is 93.9 cm³/mol. The highest BCUT2D eigenvalue weighted by Gasteiger charge is 2.21. The van der Waals surface area contributed by atoms with E-state index in [0.29, 0.717) is 5.69 Å². The van der Waals surface area contributed by atoms with Crippen LogP contribution in [-0.2, 0) is 0 Å². The van der Waals surface area contributed by atoms with Crippen molar-refractivity contribution in [2.45, 2.75) is 0 Å². The summed E-state index contributed by atoms with van der Waals surface area (Å²) in [6.45, 7) is 0. The van der Waals surface area contributed by atoms with Gasteiger partial charge in [0.2, 0.25) is 0 Å². The molecule has 0 atom stereocenters. The van der Waals surface area contributed by atoms with Crippen LogP contribution in [0.1, 0.15) is 31.3 Å². The monoisotopic (exact) mass is 366 g/mol. The van der Waals surface area contributed by atoms with Crippen LogP contribution in [0.25, 0.3) is 5.69 Å². The molecular formula is C17H14N6O4. The number of hydrogen-bond donors (Lipinski definition) is 3. The maximum absolute atomic E-state index is 12.5. The van der Waals surface area contributed by atoms with Gasteiger partial charge in [-0.25, -0.2) is 9.48 Å². The number of hydrogen-bond acceptors (Lipinski definition) is 6. The molecule has 3 N–H and O–H groups in total. The number of rotatable bonds is 5. The third-order valence-electron chi connectivity index (χ3n) is 3.61. The first-order chi connectivity index (χ1) is 13.0. The molecule has 10 heteroatoms. The standard InChI is InChI=1S/C17H14N6O4/c1-18-16(25)12-8-10(2-7-20-12)15(24)22-13-9-21-23(14(13)17(26)27)11-3-5-19-6-4-11/h2-9H,1H3,(H,18,25)(H,22,24)(H,26,27). The maximum atomic E-state index is 12.5. The summed E-state index contributed by atoms with van der Waals surface area (Å²) in [5, 5.41) is 18.5. The van der Waals surface area contributed by atoms with E-state index in [1.807, 2.05) is 0 Å². The number of carboxylic acids is 1. The number of nitrogens with zero attached hydrogens (tertiary/aromatic N) is 4. The zero-order valence-corrected chi connectivity index (χ0v) is 14.1. The van der Waals surface area contributed by atoms with Crippen LogP contribution in [0.15, 0.2) is 49.1 Å². The Balaban J connectivity index is 1.92. The summed E-state index contributed by atoms with van der Waals surface area (Å²) < 4.78 is 1.18. The average molecular weight is 366 g/mol. The highest BCUT2D eigenvalue weighted by Crippen LogP contribution is 2.20. The fourth-order valence-corrected chi connectivity index (χ4v) is 2.35. The van der Waals surface area contributed by atoms with Crippen molar-refractivity contribution in [1.29, 1.82) is 0 Å². The molecule has 0 spiro atoms. The van der Waals surface area contributed by atoms with Crippen molar-refractivity contribution in [1.82, 2.24) is 25.1 Å². The van der Waals surface area contributed by atoms with Crippen molar-refractivity contribution in [2.75, 3.05) is 12.4 Å². The Morgan fingerprint density at radius 1 is 1.07 bits per heavy atom. The smallest absolute Gasteiger partial charge is 0.356 e. The van der Waals surface area contributed by atoms with Crippen LogP contribution < -0.4 is 10.6 Å². The summed E-state index contributed by atoms with van der Waals surface area (Å²) >= 11 is 0. The van der Waals surface area contributed by atoms with Gasteiger partial charge in [0, 0.05) is 31.2 Å². The number of carbonyl (C=O) groups is 3. The molecule has 0 aliphatic heterocycles. The Morgan fingerprint density at radius 3 is 2.48 bits per heavy atom. The molecule has 0 fully saturated rings. The summed E-state index contributed by atoms with van der Waals surface area (Å²) in [5.74, 6) is -2.30. The lowest BCUT2D eigenvalue weighted by atomic mass is 10.2. The van der Waals surface area contributed by atoms with Gasteiger partial charge in [0.25, 0.3) is 11.8 Å². The van der Waals surface area contributed by atoms with Crippen LogP contribution in [0.4, 0.5) is 5.69 Å². The number of carboxylic acid groups (broad SMARTS) is 1. The third-order valence-corrected chi connectivity index (χ3v) is 3.61. The minimum absolute atomic E-state index is 0.0163. The molecule has 3 heterocycles. The normalized spacial score (nSPS) is 10.3. The van der Waals surface area contributed by atoms with Gasteiger partial charge in [-0.15, -0.1) is 0 Å². The van der Waals surface area contributed by atoms with E-state index in [1.165, 1.54) is 48.6 Å². The van der Waals surface area contributed by atoms with E-state index < -0.39 is 17.8 Å². The fourth-order valence-electron chi connectivity index (χ4n) is 2.35. The van der Waals surface area contributed by atoms with Gasteiger partial charge in [0.1, 0.15) is 5.69 Å². The molecule has 0 aliphatic rings. The highest BCUT2D eigenvalue weighted by atomic mass is 16.4. The Morgan fingerprint density at radius 2 is 1.81 bits per heavy atom. The number of aromatic carboxylic acids is 1. The Bertz CT molecular complexity index is 1020. The van der Waals surface area contributed by atoms with Crippen LogP contribution in [0.3, 0.4) is 0 Å². The Hall–Kier alpha value is -4.08. The number of pyridine rings is 2. The van der Waals surface area contributed by atoms with Gasteiger partial charge >= 0.3 is 5.97 Å². The molecule has 136 valence electrons. The number of amides is 2. The van der Waals surface area contributed by atoms with Gasteiger partial charge < -0.3 is 15.7 Å². The lowest BCUT2D eigenvalue weighted by Gasteiger charge is -2.07. The van der Waals surface area contributed by atoms with Gasteiger partial charge in [0.15, 0.2) is 5.69 Å². The zero-order chi connectivity index (χ0) is 19.4. The van der Waals surface area contributed by atoms with Crippen molar-refractivity contribution in [3.05, 3.63) is 66.0 Å². The molecule has 3 rings (SSSR count). The van der Waals surface area contributed by atoms with Crippen LogP contribution >= 0.6 is 0 Å². The zero-order valence-electron chi connectivity index (χ0n) is 14.1. The summed E-state index contributed by atoms with van der Waals surface area (Å²) in [6.07, 6.45) is 5.55. The van der Waals surface area contributed by atoms with E-state index in [9.17, 15) is 19.5 Å². The summed E-state index contributed by atoms with van der Waals surface area (Å²) in [7, 11) is 1.45. The first-order valence-electron chi connectivity index (χ1n) is 7.72. The molecule has 0 radical (unpaired) electrons. The average Bonchev–Trinajstić information content (AvgIpc) is 3.12. The van der Waals surface area contributed by atoms with Crippen molar-refractivity contribution >= 4 is 23.5 Å². The SMILES string of the molecule is CNC(=O)c1cc(C(=O)Nc2cnn(-c3ccncc3)c2C(=O)O)ccn1. The number of nitrogens with one attached hydrogen (secondary N) is 2. The molecule has 2 amide bonds. The number of aromatic nitrogens is 4. The molecule has 0 aliphatic carbocycles. The molecule has 3 aromatic rings. The minimum atomic E-state index is -1.26. The molecule has 27 heavy (non-hydrogen) atoms. The van der Waals surface area contributed by atoms with Crippen LogP contribution in [-0.4, -0.2) is 49.7 Å². The molecule has 0 bridgehead atoms. The van der Waals surface area contributed by atoms with Gasteiger partial charge in [-0.2, -0.15) is 5.10 Å². The molecule has 3 aromatic heterocycles. The summed E-state index contributed by atoms with van der Waals surface area (Å²) in [6, 6.07) is 5.89. The van der Waals surface area contributed by atoms with Crippen LogP contribution in [0, 0.1) is 0 Å². The Kier molecular flexibility index (Phi) is 4.88. The number of carbonyl (C=O) groups excluding carboxylic acids is 2. The molecule has 10 nitrogen and oxygen atoms in total. The lowest BCUT2D eigenvalue weighted by Crippen LogP contribution is -2.21. The van der Waals surface area contributed by atoms with Crippen molar-refractivity contribution < 1.29 is 19.5 Å². The van der Waals surface area contributed by atoms with Crippen molar-refractivity contribution in [2.24, 2.45) is 0 Å². The molecule has 0 saturated heterocycles. The van der Waals surface area contributed by atoms with Gasteiger partial charge in [0.05, 0.1) is 17.6 Å². The number of anilines is 1. The molecule has 0 saturated carbocycles. The third kappa shape index (κ3) is 3.63. The maximum Gasteiger partial charge on any atom is 0.356 e. The summed E-state index contributed by atoms with van der Waals surface area (Å²) in [5.41, 5.74) is 0.499. The fraction of sp³-hybridized carbons (Fsp3) is 0.0588. The van der Waals surface area contributed by atoms with Gasteiger partial charge in [-0.1, -0.05) is 0 Å². The van der Waals surface area contributed by atoms with E-state index in [-0.39, 0.29) is 22.6 Å². The van der Waals surface area contributed by atoms with E-state index in [2.05, 4.69) is 25.7 Å². The quantitative estimate of drug-likeness (QED) is 0.611. The molecule has 0 aromatic carbocycles. The van der Waals surface area contributed by atoms with Crippen molar-refractivity contribution in [3.63, 3.8) is 0 Å². The van der Waals surface area contributed by atoms with Gasteiger partial charge in [-0.05, 0) is 24.3 Å². The minimum Gasteiger partial charge on any atom is -0.476 e. The lowest BCUT2D eigenvalue weighted by molar-refractivity contribution is 0.0688. The second-order valence-electron chi connectivity index (χ2n) is 5.29.